The molecule has 3 rings (SSSR count). The Morgan fingerprint density at radius 2 is 2.00 bits per heavy atom. The van der Waals surface area contributed by atoms with Crippen LogP contribution >= 0.6 is 11.6 Å². The summed E-state index contributed by atoms with van der Waals surface area (Å²) in [6, 6.07) is 13.9. The zero-order valence-electron chi connectivity index (χ0n) is 11.6. The quantitative estimate of drug-likeness (QED) is 0.721. The molecule has 0 aliphatic heterocycles. The molecule has 0 amide bonds. The fraction of sp³-hybridized carbons (Fsp3) is 0.0625. The zero-order chi connectivity index (χ0) is 15.7. The van der Waals surface area contributed by atoms with Gasteiger partial charge in [0.25, 0.3) is 0 Å². The molecule has 0 saturated carbocycles. The third-order valence-corrected chi connectivity index (χ3v) is 3.61. The first-order valence-electron chi connectivity index (χ1n) is 6.49. The van der Waals surface area contributed by atoms with Gasteiger partial charge in [0, 0.05) is 5.56 Å². The summed E-state index contributed by atoms with van der Waals surface area (Å²) >= 11 is 5.83. The number of nitrogens with zero attached hydrogens (tertiary/aromatic N) is 4. The second-order valence-electron chi connectivity index (χ2n) is 4.72. The number of nitriles is 1. The van der Waals surface area contributed by atoms with Crippen LogP contribution in [-0.2, 0) is 0 Å². The molecule has 1 aromatic heterocycles. The molecule has 0 aliphatic carbocycles. The number of aromatic nitrogens is 3. The summed E-state index contributed by atoms with van der Waals surface area (Å²) in [5.41, 5.74) is 3.12. The molecular weight excluding hydrogens is 303 g/mol. The molecule has 0 bridgehead atoms. The Morgan fingerprint density at radius 3 is 2.68 bits per heavy atom. The minimum atomic E-state index is -0.511. The summed E-state index contributed by atoms with van der Waals surface area (Å²) in [6.45, 7) is 1.94. The van der Waals surface area contributed by atoms with E-state index in [9.17, 15) is 9.65 Å². The minimum absolute atomic E-state index is 0.0118. The Kier molecular flexibility index (Phi) is 3.61. The molecule has 4 nitrogen and oxygen atoms in total. The van der Waals surface area contributed by atoms with E-state index in [1.807, 2.05) is 37.3 Å². The molecule has 6 heteroatoms. The molecule has 0 spiro atoms. The minimum Gasteiger partial charge on any atom is -0.211 e. The van der Waals surface area contributed by atoms with Gasteiger partial charge in [-0.3, -0.25) is 0 Å². The number of halogens is 2. The van der Waals surface area contributed by atoms with E-state index in [-0.39, 0.29) is 10.7 Å². The maximum absolute atomic E-state index is 13.3. The van der Waals surface area contributed by atoms with Crippen LogP contribution in [0.4, 0.5) is 4.39 Å². The maximum atomic E-state index is 13.3. The largest absolute Gasteiger partial charge is 0.211 e. The van der Waals surface area contributed by atoms with Crippen LogP contribution in [0.2, 0.25) is 5.02 Å². The van der Waals surface area contributed by atoms with Crippen LogP contribution in [0.25, 0.3) is 16.9 Å². The molecule has 0 unspecified atom stereocenters. The molecule has 22 heavy (non-hydrogen) atoms. The van der Waals surface area contributed by atoms with Gasteiger partial charge in [0.15, 0.2) is 5.69 Å². The number of hydrogen-bond donors (Lipinski definition) is 0. The highest BCUT2D eigenvalue weighted by Gasteiger charge is 2.18. The molecule has 0 atom stereocenters. The summed E-state index contributed by atoms with van der Waals surface area (Å²) in [6.07, 6.45) is 0. The fourth-order valence-electron chi connectivity index (χ4n) is 2.23. The van der Waals surface area contributed by atoms with E-state index < -0.39 is 5.82 Å². The van der Waals surface area contributed by atoms with Crippen molar-refractivity contribution in [2.24, 2.45) is 0 Å². The first kappa shape index (κ1) is 14.2. The van der Waals surface area contributed by atoms with Crippen LogP contribution in [-0.4, -0.2) is 15.0 Å². The maximum Gasteiger partial charge on any atom is 0.191 e. The van der Waals surface area contributed by atoms with Crippen molar-refractivity contribution >= 4 is 11.6 Å². The molecule has 3 aromatic rings. The summed E-state index contributed by atoms with van der Waals surface area (Å²) in [7, 11) is 0. The smallest absolute Gasteiger partial charge is 0.191 e. The zero-order valence-corrected chi connectivity index (χ0v) is 12.3. The van der Waals surface area contributed by atoms with Gasteiger partial charge in [-0.15, -0.1) is 5.10 Å². The highest BCUT2D eigenvalue weighted by molar-refractivity contribution is 6.30. The number of rotatable bonds is 2. The summed E-state index contributed by atoms with van der Waals surface area (Å²) in [4.78, 5) is 0. The van der Waals surface area contributed by atoms with Gasteiger partial charge in [-0.25, -0.2) is 9.07 Å². The van der Waals surface area contributed by atoms with Crippen molar-refractivity contribution < 1.29 is 4.39 Å². The lowest BCUT2D eigenvalue weighted by molar-refractivity contribution is 0.627. The van der Waals surface area contributed by atoms with Crippen molar-refractivity contribution in [2.45, 2.75) is 6.92 Å². The standard InChI is InChI=1S/C16H10ClFN4/c1-10-4-2-3-5-12(10)16-15(9-19)20-21-22(16)11-6-7-14(18)13(17)8-11/h2-8H,1H3. The molecule has 2 aromatic carbocycles. The van der Waals surface area contributed by atoms with E-state index >= 15 is 0 Å². The van der Waals surface area contributed by atoms with Gasteiger partial charge in [0.1, 0.15) is 17.6 Å². The van der Waals surface area contributed by atoms with Crippen molar-refractivity contribution in [2.75, 3.05) is 0 Å². The number of hydrogen-bond acceptors (Lipinski definition) is 3. The van der Waals surface area contributed by atoms with E-state index in [1.165, 1.54) is 16.8 Å². The average Bonchev–Trinajstić information content (AvgIpc) is 2.94. The lowest BCUT2D eigenvalue weighted by atomic mass is 10.0. The van der Waals surface area contributed by atoms with Crippen molar-refractivity contribution in [3.63, 3.8) is 0 Å². The highest BCUT2D eigenvalue weighted by atomic mass is 35.5. The van der Waals surface area contributed by atoms with Crippen LogP contribution in [0.15, 0.2) is 42.5 Å². The Balaban J connectivity index is 2.27. The second-order valence-corrected chi connectivity index (χ2v) is 5.13. The topological polar surface area (TPSA) is 54.5 Å². The normalized spacial score (nSPS) is 10.5. The van der Waals surface area contributed by atoms with Crippen molar-refractivity contribution in [3.8, 4) is 23.0 Å². The Bertz CT molecular complexity index is 895. The lowest BCUT2D eigenvalue weighted by Crippen LogP contribution is -2.01. The van der Waals surface area contributed by atoms with Gasteiger partial charge in [-0.2, -0.15) is 5.26 Å². The molecule has 0 N–H and O–H groups in total. The monoisotopic (exact) mass is 312 g/mol. The first-order chi connectivity index (χ1) is 10.6. The average molecular weight is 313 g/mol. The van der Waals surface area contributed by atoms with Crippen molar-refractivity contribution in [3.05, 3.63) is 64.6 Å². The van der Waals surface area contributed by atoms with Crippen molar-refractivity contribution in [1.82, 2.24) is 15.0 Å². The van der Waals surface area contributed by atoms with Gasteiger partial charge in [-0.05, 0) is 30.7 Å². The van der Waals surface area contributed by atoms with Crippen LogP contribution in [0.3, 0.4) is 0 Å². The third-order valence-electron chi connectivity index (χ3n) is 3.32. The summed E-state index contributed by atoms with van der Waals surface area (Å²) in [5, 5.41) is 17.2. The van der Waals surface area contributed by atoms with E-state index in [1.54, 1.807) is 6.07 Å². The van der Waals surface area contributed by atoms with Crippen molar-refractivity contribution in [1.29, 1.82) is 5.26 Å². The summed E-state index contributed by atoms with van der Waals surface area (Å²) < 4.78 is 14.8. The second kappa shape index (κ2) is 5.58. The molecule has 0 fully saturated rings. The number of aryl methyl sites for hydroxylation is 1. The Hall–Kier alpha value is -2.71. The van der Waals surface area contributed by atoms with Crippen LogP contribution < -0.4 is 0 Å². The van der Waals surface area contributed by atoms with Gasteiger partial charge in [-0.1, -0.05) is 41.1 Å². The van der Waals surface area contributed by atoms with E-state index in [0.717, 1.165) is 11.1 Å². The third kappa shape index (κ3) is 2.34. The molecular formula is C16H10ClFN4. The van der Waals surface area contributed by atoms with Gasteiger partial charge in [0.05, 0.1) is 10.7 Å². The van der Waals surface area contributed by atoms with E-state index in [4.69, 9.17) is 11.6 Å². The fourth-order valence-corrected chi connectivity index (χ4v) is 2.41. The summed E-state index contributed by atoms with van der Waals surface area (Å²) in [5.74, 6) is -0.511. The van der Waals surface area contributed by atoms with Gasteiger partial charge >= 0.3 is 0 Å². The van der Waals surface area contributed by atoms with Crippen LogP contribution in [0.1, 0.15) is 11.3 Å². The van der Waals surface area contributed by atoms with Gasteiger partial charge in [0.2, 0.25) is 0 Å². The molecule has 0 saturated heterocycles. The van der Waals surface area contributed by atoms with Crippen LogP contribution in [0, 0.1) is 24.1 Å². The van der Waals surface area contributed by atoms with Crippen LogP contribution in [0.5, 0.6) is 0 Å². The predicted molar refractivity (Wildman–Crippen MR) is 81.2 cm³/mol. The predicted octanol–water partition coefficient (Wildman–Crippen LogP) is 3.91. The van der Waals surface area contributed by atoms with E-state index in [0.29, 0.717) is 11.4 Å². The number of benzene rings is 2. The first-order valence-corrected chi connectivity index (χ1v) is 6.87. The van der Waals surface area contributed by atoms with E-state index in [2.05, 4.69) is 10.3 Å². The highest BCUT2D eigenvalue weighted by Crippen LogP contribution is 2.28. The molecule has 1 heterocycles. The molecule has 0 radical (unpaired) electrons. The lowest BCUT2D eigenvalue weighted by Gasteiger charge is -2.09. The van der Waals surface area contributed by atoms with Gasteiger partial charge < -0.3 is 0 Å². The molecule has 108 valence electrons. The Labute approximate surface area is 131 Å². The Morgan fingerprint density at radius 1 is 1.23 bits per heavy atom. The molecule has 0 aliphatic rings. The SMILES string of the molecule is Cc1ccccc1-c1c(C#N)nnn1-c1ccc(F)c(Cl)c1.